The Kier molecular flexibility index (Phi) is 3.16. The minimum Gasteiger partial charge on any atom is -0.462 e. The molecule has 0 radical (unpaired) electrons. The number of hydrogen-bond acceptors (Lipinski definition) is 5. The molecule has 0 fully saturated rings. The highest BCUT2D eigenvalue weighted by Crippen LogP contribution is 2.03. The van der Waals surface area contributed by atoms with Crippen molar-refractivity contribution in [3.63, 3.8) is 0 Å². The zero-order chi connectivity index (χ0) is 9.07. The Morgan fingerprint density at radius 2 is 1.91 bits per heavy atom. The second-order valence-corrected chi connectivity index (χ2v) is 1.95. The summed E-state index contributed by atoms with van der Waals surface area (Å²) in [6.45, 7) is 2.38. The number of carbonyl (C=O) groups is 2. The predicted molar refractivity (Wildman–Crippen MR) is 34.5 cm³/mol. The fourth-order valence-corrected chi connectivity index (χ4v) is 0.375. The van der Waals surface area contributed by atoms with Gasteiger partial charge in [0.25, 0.3) is 0 Å². The van der Waals surface area contributed by atoms with Crippen molar-refractivity contribution >= 4 is 11.8 Å². The van der Waals surface area contributed by atoms with Gasteiger partial charge in [-0.2, -0.15) is 0 Å². The topological polar surface area (TPSA) is 83.8 Å². The summed E-state index contributed by atoms with van der Waals surface area (Å²) in [4.78, 5) is 20.9. The van der Waals surface area contributed by atoms with E-state index in [0.29, 0.717) is 0 Å². The van der Waals surface area contributed by atoms with Crippen LogP contribution < -0.4 is 0 Å². The van der Waals surface area contributed by atoms with Crippen LogP contribution in [0, 0.1) is 0 Å². The van der Waals surface area contributed by atoms with Gasteiger partial charge in [-0.3, -0.25) is 4.79 Å². The standard InChI is InChI=1S/C6H10O5/c1-3-11-5(8)6(9,10)4(2)7/h9-10H,3H2,1-2H3. The first-order chi connectivity index (χ1) is 4.92. The van der Waals surface area contributed by atoms with Crippen LogP contribution in [-0.2, 0) is 14.3 Å². The summed E-state index contributed by atoms with van der Waals surface area (Å²) in [5.41, 5.74) is 0. The first kappa shape index (κ1) is 10.1. The maximum atomic E-state index is 10.6. The molecule has 0 aromatic heterocycles. The fraction of sp³-hybridized carbons (Fsp3) is 0.667. The predicted octanol–water partition coefficient (Wildman–Crippen LogP) is -1.18. The summed E-state index contributed by atoms with van der Waals surface area (Å²) >= 11 is 0. The van der Waals surface area contributed by atoms with Crippen molar-refractivity contribution in [3.8, 4) is 0 Å². The van der Waals surface area contributed by atoms with E-state index in [2.05, 4.69) is 4.74 Å². The zero-order valence-corrected chi connectivity index (χ0v) is 6.33. The van der Waals surface area contributed by atoms with Gasteiger partial charge in [0, 0.05) is 6.92 Å². The molecule has 0 bridgehead atoms. The van der Waals surface area contributed by atoms with E-state index in [4.69, 9.17) is 10.2 Å². The molecule has 64 valence electrons. The molecular weight excluding hydrogens is 152 g/mol. The lowest BCUT2D eigenvalue weighted by molar-refractivity contribution is -0.207. The summed E-state index contributed by atoms with van der Waals surface area (Å²) < 4.78 is 4.21. The Labute approximate surface area is 63.6 Å². The van der Waals surface area contributed by atoms with E-state index in [1.54, 1.807) is 0 Å². The van der Waals surface area contributed by atoms with Gasteiger partial charge in [0.05, 0.1) is 6.61 Å². The van der Waals surface area contributed by atoms with Crippen LogP contribution in [0.5, 0.6) is 0 Å². The third-order valence-electron chi connectivity index (χ3n) is 1.05. The number of ketones is 1. The fourth-order valence-electron chi connectivity index (χ4n) is 0.375. The molecule has 0 unspecified atom stereocenters. The summed E-state index contributed by atoms with van der Waals surface area (Å²) in [5, 5.41) is 17.4. The monoisotopic (exact) mass is 162 g/mol. The van der Waals surface area contributed by atoms with Crippen LogP contribution in [0.1, 0.15) is 13.8 Å². The van der Waals surface area contributed by atoms with Gasteiger partial charge in [-0.15, -0.1) is 0 Å². The van der Waals surface area contributed by atoms with E-state index in [1.807, 2.05) is 0 Å². The lowest BCUT2D eigenvalue weighted by atomic mass is 10.2. The number of hydrogen-bond donors (Lipinski definition) is 2. The van der Waals surface area contributed by atoms with E-state index in [9.17, 15) is 9.59 Å². The van der Waals surface area contributed by atoms with Gasteiger partial charge in [-0.05, 0) is 6.92 Å². The van der Waals surface area contributed by atoms with Crippen LogP contribution in [0.2, 0.25) is 0 Å². The van der Waals surface area contributed by atoms with E-state index >= 15 is 0 Å². The molecule has 0 rings (SSSR count). The lowest BCUT2D eigenvalue weighted by Gasteiger charge is -2.14. The van der Waals surface area contributed by atoms with Crippen molar-refractivity contribution in [2.75, 3.05) is 6.61 Å². The maximum Gasteiger partial charge on any atom is 0.374 e. The molecule has 0 saturated heterocycles. The highest BCUT2D eigenvalue weighted by Gasteiger charge is 2.40. The molecule has 0 saturated carbocycles. The number of Topliss-reactive ketones (excluding diaryl/α,β-unsaturated/α-hetero) is 1. The van der Waals surface area contributed by atoms with Crippen molar-refractivity contribution in [2.45, 2.75) is 19.6 Å². The summed E-state index contributed by atoms with van der Waals surface area (Å²) in [6, 6.07) is 0. The molecule has 0 aromatic rings. The molecule has 2 N–H and O–H groups in total. The lowest BCUT2D eigenvalue weighted by Crippen LogP contribution is -2.46. The molecule has 0 aliphatic heterocycles. The van der Waals surface area contributed by atoms with Gasteiger partial charge in [0.1, 0.15) is 0 Å². The van der Waals surface area contributed by atoms with Crippen LogP contribution in [0.25, 0.3) is 0 Å². The molecule has 5 nitrogen and oxygen atoms in total. The summed E-state index contributed by atoms with van der Waals surface area (Å²) in [5.74, 6) is -5.39. The van der Waals surface area contributed by atoms with Gasteiger partial charge in [-0.1, -0.05) is 0 Å². The van der Waals surface area contributed by atoms with Crippen molar-refractivity contribution in [3.05, 3.63) is 0 Å². The molecule has 0 aliphatic rings. The highest BCUT2D eigenvalue weighted by atomic mass is 16.6. The van der Waals surface area contributed by atoms with E-state index in [-0.39, 0.29) is 6.61 Å². The zero-order valence-electron chi connectivity index (χ0n) is 6.33. The molecule has 0 amide bonds. The molecule has 5 heteroatoms. The molecule has 11 heavy (non-hydrogen) atoms. The van der Waals surface area contributed by atoms with E-state index in [0.717, 1.165) is 6.92 Å². The van der Waals surface area contributed by atoms with Gasteiger partial charge >= 0.3 is 11.8 Å². The summed E-state index contributed by atoms with van der Waals surface area (Å²) in [7, 11) is 0. The van der Waals surface area contributed by atoms with Crippen LogP contribution in [-0.4, -0.2) is 34.4 Å². The van der Waals surface area contributed by atoms with Crippen LogP contribution >= 0.6 is 0 Å². The maximum absolute atomic E-state index is 10.6. The molecule has 0 spiro atoms. The average Bonchev–Trinajstić information content (AvgIpc) is 1.88. The molecule has 0 aromatic carbocycles. The van der Waals surface area contributed by atoms with Crippen molar-refractivity contribution < 1.29 is 24.5 Å². The Bertz CT molecular complexity index is 172. The quantitative estimate of drug-likeness (QED) is 0.310. The normalized spacial score (nSPS) is 10.9. The third kappa shape index (κ3) is 2.28. The molecule has 0 heterocycles. The Balaban J connectivity index is 4.30. The Morgan fingerprint density at radius 3 is 2.18 bits per heavy atom. The number of rotatable bonds is 3. The number of esters is 1. The van der Waals surface area contributed by atoms with Crippen LogP contribution in [0.3, 0.4) is 0 Å². The second-order valence-electron chi connectivity index (χ2n) is 1.95. The first-order valence-electron chi connectivity index (χ1n) is 3.06. The average molecular weight is 162 g/mol. The number of carbonyl (C=O) groups excluding carboxylic acids is 2. The largest absolute Gasteiger partial charge is 0.462 e. The van der Waals surface area contributed by atoms with Gasteiger partial charge < -0.3 is 14.9 Å². The SMILES string of the molecule is CCOC(=O)C(O)(O)C(C)=O. The molecule has 0 aliphatic carbocycles. The smallest absolute Gasteiger partial charge is 0.374 e. The summed E-state index contributed by atoms with van der Waals surface area (Å²) in [6.07, 6.45) is 0. The van der Waals surface area contributed by atoms with Gasteiger partial charge in [0.2, 0.25) is 5.78 Å². The molecule has 0 atom stereocenters. The van der Waals surface area contributed by atoms with Gasteiger partial charge in [-0.25, -0.2) is 4.79 Å². The Morgan fingerprint density at radius 1 is 1.45 bits per heavy atom. The second kappa shape index (κ2) is 3.45. The number of aliphatic hydroxyl groups is 2. The minimum absolute atomic E-state index is 0.00498. The highest BCUT2D eigenvalue weighted by molar-refractivity contribution is 6.03. The van der Waals surface area contributed by atoms with E-state index < -0.39 is 17.5 Å². The van der Waals surface area contributed by atoms with E-state index in [1.165, 1.54) is 6.92 Å². The minimum atomic E-state index is -2.99. The van der Waals surface area contributed by atoms with Crippen LogP contribution in [0.15, 0.2) is 0 Å². The third-order valence-corrected chi connectivity index (χ3v) is 1.05. The van der Waals surface area contributed by atoms with Crippen molar-refractivity contribution in [2.24, 2.45) is 0 Å². The number of ether oxygens (including phenoxy) is 1. The van der Waals surface area contributed by atoms with Crippen molar-refractivity contribution in [1.82, 2.24) is 0 Å². The Hall–Kier alpha value is -0.940. The van der Waals surface area contributed by atoms with Crippen molar-refractivity contribution in [1.29, 1.82) is 0 Å². The first-order valence-corrected chi connectivity index (χ1v) is 3.06. The van der Waals surface area contributed by atoms with Crippen LogP contribution in [0.4, 0.5) is 0 Å². The van der Waals surface area contributed by atoms with Gasteiger partial charge in [0.15, 0.2) is 0 Å². The molecular formula is C6H10O5.